The Hall–Kier alpha value is -3.87. The van der Waals surface area contributed by atoms with E-state index >= 15 is 0 Å². The Morgan fingerprint density at radius 1 is 1.00 bits per heavy atom. The molecule has 31 heavy (non-hydrogen) atoms. The van der Waals surface area contributed by atoms with Crippen LogP contribution >= 0.6 is 0 Å². The normalized spacial score (nSPS) is 14.2. The summed E-state index contributed by atoms with van der Waals surface area (Å²) in [5.74, 6) is 0.332. The highest BCUT2D eigenvalue weighted by Crippen LogP contribution is 2.27. The molecule has 2 N–H and O–H groups in total. The number of rotatable bonds is 4. The Kier molecular flexibility index (Phi) is 4.78. The van der Waals surface area contributed by atoms with Gasteiger partial charge in [-0.3, -0.25) is 4.79 Å². The van der Waals surface area contributed by atoms with E-state index < -0.39 is 5.91 Å². The fraction of sp³-hybridized carbons (Fsp3) is 0.208. The van der Waals surface area contributed by atoms with Crippen LogP contribution in [0.25, 0.3) is 16.9 Å². The van der Waals surface area contributed by atoms with Crippen molar-refractivity contribution in [1.82, 2.24) is 14.4 Å². The maximum absolute atomic E-state index is 12.1. The number of carbonyl (C=O) groups excluding carboxylic acids is 1. The molecule has 0 aliphatic carbocycles. The maximum atomic E-state index is 12.1. The van der Waals surface area contributed by atoms with Crippen LogP contribution < -0.4 is 15.5 Å². The van der Waals surface area contributed by atoms with E-state index in [-0.39, 0.29) is 0 Å². The Morgan fingerprint density at radius 3 is 2.48 bits per heavy atom. The molecule has 1 amide bonds. The Labute approximate surface area is 180 Å². The van der Waals surface area contributed by atoms with Crippen LogP contribution in [0.3, 0.4) is 0 Å². The summed E-state index contributed by atoms with van der Waals surface area (Å²) < 4.78 is 1.96. The van der Waals surface area contributed by atoms with Gasteiger partial charge >= 0.3 is 0 Å². The number of para-hydroxylation sites is 1. The lowest BCUT2D eigenvalue weighted by Crippen LogP contribution is -2.46. The van der Waals surface area contributed by atoms with E-state index in [0.717, 1.165) is 54.5 Å². The fourth-order valence-electron chi connectivity index (χ4n) is 4.12. The van der Waals surface area contributed by atoms with Crippen molar-refractivity contribution < 1.29 is 4.79 Å². The minimum Gasteiger partial charge on any atom is -0.368 e. The molecule has 156 valence electrons. The Bertz CT molecular complexity index is 1240. The van der Waals surface area contributed by atoms with Crippen molar-refractivity contribution in [2.75, 3.05) is 36.0 Å². The molecule has 0 spiro atoms. The molecule has 5 rings (SSSR count). The van der Waals surface area contributed by atoms with Gasteiger partial charge in [0.05, 0.1) is 5.69 Å². The minimum absolute atomic E-state index is 0.450. The molecule has 0 radical (unpaired) electrons. The van der Waals surface area contributed by atoms with Gasteiger partial charge in [-0.25, -0.2) is 9.97 Å². The molecule has 4 heterocycles. The summed E-state index contributed by atoms with van der Waals surface area (Å²) in [7, 11) is 0. The van der Waals surface area contributed by atoms with Gasteiger partial charge in [-0.05, 0) is 42.8 Å². The van der Waals surface area contributed by atoms with Gasteiger partial charge in [-0.2, -0.15) is 0 Å². The first-order chi connectivity index (χ1) is 15.1. The molecular weight excluding hydrogens is 388 g/mol. The number of carbonyl (C=O) groups is 1. The van der Waals surface area contributed by atoms with Crippen molar-refractivity contribution in [3.8, 4) is 11.3 Å². The van der Waals surface area contributed by atoms with Gasteiger partial charge in [0.2, 0.25) is 5.91 Å². The van der Waals surface area contributed by atoms with E-state index in [9.17, 15) is 4.79 Å². The predicted octanol–water partition coefficient (Wildman–Crippen LogP) is 3.13. The lowest BCUT2D eigenvalue weighted by molar-refractivity contribution is 0.1000. The molecule has 1 aromatic carbocycles. The zero-order chi connectivity index (χ0) is 21.4. The van der Waals surface area contributed by atoms with E-state index in [2.05, 4.69) is 39.0 Å². The predicted molar refractivity (Wildman–Crippen MR) is 123 cm³/mol. The number of imidazole rings is 1. The zero-order valence-electron chi connectivity index (χ0n) is 17.4. The van der Waals surface area contributed by atoms with E-state index in [1.54, 1.807) is 18.3 Å². The van der Waals surface area contributed by atoms with Crippen molar-refractivity contribution >= 4 is 23.1 Å². The summed E-state index contributed by atoms with van der Waals surface area (Å²) in [5.41, 5.74) is 11.0. The number of aromatic nitrogens is 3. The van der Waals surface area contributed by atoms with Crippen molar-refractivity contribution in [1.29, 1.82) is 0 Å². The van der Waals surface area contributed by atoms with Gasteiger partial charge in [-0.1, -0.05) is 18.2 Å². The van der Waals surface area contributed by atoms with Crippen molar-refractivity contribution in [3.63, 3.8) is 0 Å². The number of fused-ring (bicyclic) bond motifs is 1. The average Bonchev–Trinajstić information content (AvgIpc) is 3.26. The number of anilines is 2. The third-order valence-corrected chi connectivity index (χ3v) is 5.83. The van der Waals surface area contributed by atoms with Crippen molar-refractivity contribution in [2.45, 2.75) is 6.92 Å². The SMILES string of the molecule is Cc1cc2nccn2cc1-c1cc(C(N)=O)cc(N2CCN(c3ccccc3)CC2)n1. The number of piperazine rings is 1. The van der Waals surface area contributed by atoms with Gasteiger partial charge in [0, 0.05) is 61.6 Å². The van der Waals surface area contributed by atoms with Crippen LogP contribution in [-0.2, 0) is 0 Å². The number of hydrogen-bond donors (Lipinski definition) is 1. The first-order valence-corrected chi connectivity index (χ1v) is 10.4. The number of primary amides is 1. The number of hydrogen-bond acceptors (Lipinski definition) is 5. The van der Waals surface area contributed by atoms with E-state index in [1.807, 2.05) is 35.9 Å². The minimum atomic E-state index is -0.450. The summed E-state index contributed by atoms with van der Waals surface area (Å²) in [6.07, 6.45) is 5.67. The fourth-order valence-corrected chi connectivity index (χ4v) is 4.12. The topological polar surface area (TPSA) is 79.8 Å². The third-order valence-electron chi connectivity index (χ3n) is 5.83. The second kappa shape index (κ2) is 7.75. The molecule has 1 aliphatic heterocycles. The molecule has 1 saturated heterocycles. The summed E-state index contributed by atoms with van der Waals surface area (Å²) in [6, 6.07) is 16.0. The van der Waals surface area contributed by atoms with Crippen LogP contribution in [0.15, 0.2) is 67.1 Å². The quantitative estimate of drug-likeness (QED) is 0.557. The molecule has 1 fully saturated rings. The monoisotopic (exact) mass is 412 g/mol. The average molecular weight is 412 g/mol. The van der Waals surface area contributed by atoms with Gasteiger partial charge in [0.25, 0.3) is 0 Å². The first-order valence-electron chi connectivity index (χ1n) is 10.4. The van der Waals surface area contributed by atoms with Crippen LogP contribution in [0.1, 0.15) is 15.9 Å². The van der Waals surface area contributed by atoms with Crippen LogP contribution in [0.4, 0.5) is 11.5 Å². The van der Waals surface area contributed by atoms with Crippen LogP contribution in [0.5, 0.6) is 0 Å². The second-order valence-corrected chi connectivity index (χ2v) is 7.84. The molecule has 0 saturated carbocycles. The standard InChI is InChI=1S/C24H24N6O/c1-17-13-22-26-7-8-30(22)16-20(17)21-14-18(24(25)31)15-23(27-21)29-11-9-28(10-12-29)19-5-3-2-4-6-19/h2-8,13-16H,9-12H2,1H3,(H2,25,31). The number of amides is 1. The molecule has 7 heteroatoms. The highest BCUT2D eigenvalue weighted by Gasteiger charge is 2.21. The highest BCUT2D eigenvalue weighted by molar-refractivity contribution is 5.95. The molecule has 4 aromatic rings. The van der Waals surface area contributed by atoms with Gasteiger partial charge in [-0.15, -0.1) is 0 Å². The van der Waals surface area contributed by atoms with Gasteiger partial charge < -0.3 is 19.9 Å². The number of benzene rings is 1. The van der Waals surface area contributed by atoms with Crippen LogP contribution in [0.2, 0.25) is 0 Å². The molecule has 0 atom stereocenters. The molecule has 1 aliphatic rings. The summed E-state index contributed by atoms with van der Waals surface area (Å²) in [4.78, 5) is 25.9. The van der Waals surface area contributed by atoms with Crippen LogP contribution in [-0.4, -0.2) is 46.5 Å². The molecule has 7 nitrogen and oxygen atoms in total. The zero-order valence-corrected chi connectivity index (χ0v) is 17.4. The summed E-state index contributed by atoms with van der Waals surface area (Å²) >= 11 is 0. The molecule has 3 aromatic heterocycles. The van der Waals surface area contributed by atoms with E-state index in [1.165, 1.54) is 5.69 Å². The lowest BCUT2D eigenvalue weighted by atomic mass is 10.1. The molecule has 0 bridgehead atoms. The van der Waals surface area contributed by atoms with Crippen molar-refractivity contribution in [2.24, 2.45) is 5.73 Å². The van der Waals surface area contributed by atoms with Gasteiger partial charge in [0.1, 0.15) is 11.5 Å². The Balaban J connectivity index is 1.47. The summed E-state index contributed by atoms with van der Waals surface area (Å²) in [5, 5.41) is 0. The first kappa shape index (κ1) is 19.1. The third kappa shape index (κ3) is 3.70. The Morgan fingerprint density at radius 2 is 1.74 bits per heavy atom. The molecular formula is C24H24N6O. The number of pyridine rings is 2. The largest absolute Gasteiger partial charge is 0.368 e. The maximum Gasteiger partial charge on any atom is 0.248 e. The van der Waals surface area contributed by atoms with Gasteiger partial charge in [0.15, 0.2) is 0 Å². The lowest BCUT2D eigenvalue weighted by Gasteiger charge is -2.37. The number of aryl methyl sites for hydroxylation is 1. The second-order valence-electron chi connectivity index (χ2n) is 7.84. The number of nitrogens with two attached hydrogens (primary N) is 1. The van der Waals surface area contributed by atoms with E-state index in [4.69, 9.17) is 10.7 Å². The smallest absolute Gasteiger partial charge is 0.248 e. The van der Waals surface area contributed by atoms with Crippen molar-refractivity contribution in [3.05, 3.63) is 78.2 Å². The van der Waals surface area contributed by atoms with Crippen LogP contribution in [0, 0.1) is 6.92 Å². The van der Waals surface area contributed by atoms with E-state index in [0.29, 0.717) is 5.56 Å². The number of nitrogens with zero attached hydrogens (tertiary/aromatic N) is 5. The molecule has 0 unspecified atom stereocenters. The summed E-state index contributed by atoms with van der Waals surface area (Å²) in [6.45, 7) is 5.46. The highest BCUT2D eigenvalue weighted by atomic mass is 16.1.